The Balaban J connectivity index is 0.00000128. The van der Waals surface area contributed by atoms with Crippen LogP contribution in [0.4, 0.5) is 0 Å². The van der Waals surface area contributed by atoms with Crippen molar-refractivity contribution in [2.45, 2.75) is 25.9 Å². The van der Waals surface area contributed by atoms with Gasteiger partial charge in [-0.15, -0.1) is 12.4 Å². The van der Waals surface area contributed by atoms with Gasteiger partial charge in [0.2, 0.25) is 0 Å². The van der Waals surface area contributed by atoms with Crippen molar-refractivity contribution in [3.8, 4) is 0 Å². The molecule has 0 spiro atoms. The summed E-state index contributed by atoms with van der Waals surface area (Å²) in [6.07, 6.45) is 1.53. The van der Waals surface area contributed by atoms with Crippen molar-refractivity contribution in [1.29, 1.82) is 0 Å². The van der Waals surface area contributed by atoms with Crippen molar-refractivity contribution in [3.63, 3.8) is 0 Å². The van der Waals surface area contributed by atoms with E-state index < -0.39 is 0 Å². The van der Waals surface area contributed by atoms with Gasteiger partial charge < -0.3 is 14.6 Å². The van der Waals surface area contributed by atoms with Gasteiger partial charge in [0.15, 0.2) is 5.76 Å². The van der Waals surface area contributed by atoms with Crippen molar-refractivity contribution in [2.75, 3.05) is 13.1 Å². The molecule has 2 atom stereocenters. The summed E-state index contributed by atoms with van der Waals surface area (Å²) in [4.78, 5) is 13.9. The lowest BCUT2D eigenvalue weighted by molar-refractivity contribution is 0.0571. The summed E-state index contributed by atoms with van der Waals surface area (Å²) in [7, 11) is 0. The zero-order chi connectivity index (χ0) is 10.8. The second-order valence-electron chi connectivity index (χ2n) is 3.96. The summed E-state index contributed by atoms with van der Waals surface area (Å²) in [5.74, 6) is 0.414. The first-order chi connectivity index (χ1) is 7.20. The summed E-state index contributed by atoms with van der Waals surface area (Å²) in [6, 6.07) is 3.99. The van der Waals surface area contributed by atoms with Crippen LogP contribution in [0.25, 0.3) is 0 Å². The molecule has 1 aromatic rings. The lowest BCUT2D eigenvalue weighted by Gasteiger charge is -2.38. The van der Waals surface area contributed by atoms with Crippen molar-refractivity contribution in [2.24, 2.45) is 0 Å². The highest BCUT2D eigenvalue weighted by Gasteiger charge is 2.29. The SMILES string of the molecule is CC1NCCN(C(=O)c2ccco2)C1C.Cl. The Bertz CT molecular complexity index is 340. The van der Waals surface area contributed by atoms with Gasteiger partial charge in [0, 0.05) is 25.2 Å². The molecule has 1 aliphatic rings. The highest BCUT2D eigenvalue weighted by molar-refractivity contribution is 5.91. The fourth-order valence-corrected chi connectivity index (χ4v) is 1.89. The van der Waals surface area contributed by atoms with E-state index in [1.807, 2.05) is 4.90 Å². The lowest BCUT2D eigenvalue weighted by atomic mass is 10.1. The molecule has 1 fully saturated rings. The van der Waals surface area contributed by atoms with Crippen LogP contribution in [-0.4, -0.2) is 36.0 Å². The van der Waals surface area contributed by atoms with Crippen molar-refractivity contribution >= 4 is 18.3 Å². The number of amides is 1. The zero-order valence-electron chi connectivity index (χ0n) is 9.47. The summed E-state index contributed by atoms with van der Waals surface area (Å²) < 4.78 is 5.12. The molecule has 1 aliphatic heterocycles. The molecule has 0 aliphatic carbocycles. The normalized spacial score (nSPS) is 25.0. The Morgan fingerprint density at radius 1 is 1.56 bits per heavy atom. The van der Waals surface area contributed by atoms with Crippen LogP contribution in [0.1, 0.15) is 24.4 Å². The Morgan fingerprint density at radius 2 is 2.31 bits per heavy atom. The first-order valence-corrected chi connectivity index (χ1v) is 5.28. The third kappa shape index (κ3) is 2.39. The molecule has 0 radical (unpaired) electrons. The number of rotatable bonds is 1. The molecule has 0 saturated carbocycles. The Morgan fingerprint density at radius 3 is 2.94 bits per heavy atom. The van der Waals surface area contributed by atoms with Gasteiger partial charge in [-0.3, -0.25) is 4.79 Å². The van der Waals surface area contributed by atoms with Crippen LogP contribution in [0, 0.1) is 0 Å². The lowest BCUT2D eigenvalue weighted by Crippen LogP contribution is -2.57. The van der Waals surface area contributed by atoms with Gasteiger partial charge in [0.1, 0.15) is 0 Å². The van der Waals surface area contributed by atoms with E-state index in [0.29, 0.717) is 11.8 Å². The maximum atomic E-state index is 12.0. The predicted molar refractivity (Wildman–Crippen MR) is 63.9 cm³/mol. The smallest absolute Gasteiger partial charge is 0.289 e. The number of hydrogen-bond donors (Lipinski definition) is 1. The number of nitrogens with one attached hydrogen (secondary N) is 1. The molecule has 90 valence electrons. The predicted octanol–water partition coefficient (Wildman–Crippen LogP) is 1.52. The van der Waals surface area contributed by atoms with Gasteiger partial charge in [0.05, 0.1) is 6.26 Å². The number of piperazine rings is 1. The summed E-state index contributed by atoms with van der Waals surface area (Å²) >= 11 is 0. The average Bonchev–Trinajstić information content (AvgIpc) is 2.74. The molecule has 1 amide bonds. The maximum Gasteiger partial charge on any atom is 0.289 e. The first kappa shape index (κ1) is 13.1. The van der Waals surface area contributed by atoms with E-state index in [2.05, 4.69) is 19.2 Å². The fourth-order valence-electron chi connectivity index (χ4n) is 1.89. The highest BCUT2D eigenvalue weighted by atomic mass is 35.5. The summed E-state index contributed by atoms with van der Waals surface area (Å²) in [5, 5.41) is 3.34. The van der Waals surface area contributed by atoms with Gasteiger partial charge in [-0.25, -0.2) is 0 Å². The Labute approximate surface area is 101 Å². The van der Waals surface area contributed by atoms with Crippen molar-refractivity contribution < 1.29 is 9.21 Å². The minimum absolute atomic E-state index is 0. The van der Waals surface area contributed by atoms with E-state index in [1.165, 1.54) is 6.26 Å². The topological polar surface area (TPSA) is 45.5 Å². The van der Waals surface area contributed by atoms with E-state index >= 15 is 0 Å². The second-order valence-corrected chi connectivity index (χ2v) is 3.96. The number of carbonyl (C=O) groups excluding carboxylic acids is 1. The largest absolute Gasteiger partial charge is 0.459 e. The van der Waals surface area contributed by atoms with Gasteiger partial charge in [0.25, 0.3) is 5.91 Å². The van der Waals surface area contributed by atoms with Crippen molar-refractivity contribution in [1.82, 2.24) is 10.2 Å². The van der Waals surface area contributed by atoms with E-state index in [0.717, 1.165) is 13.1 Å². The number of carbonyl (C=O) groups is 1. The molecule has 16 heavy (non-hydrogen) atoms. The molecule has 5 heteroatoms. The minimum atomic E-state index is -0.0131. The third-order valence-corrected chi connectivity index (χ3v) is 3.03. The molecule has 2 rings (SSSR count). The van der Waals surface area contributed by atoms with Gasteiger partial charge in [-0.1, -0.05) is 0 Å². The average molecular weight is 245 g/mol. The molecule has 0 aromatic carbocycles. The van der Waals surface area contributed by atoms with E-state index in [-0.39, 0.29) is 24.4 Å². The number of hydrogen-bond acceptors (Lipinski definition) is 3. The van der Waals surface area contributed by atoms with E-state index in [9.17, 15) is 4.79 Å². The first-order valence-electron chi connectivity index (χ1n) is 5.28. The third-order valence-electron chi connectivity index (χ3n) is 3.03. The Hall–Kier alpha value is -1.00. The summed E-state index contributed by atoms with van der Waals surface area (Å²) in [6.45, 7) is 5.73. The fraction of sp³-hybridized carbons (Fsp3) is 0.545. The van der Waals surface area contributed by atoms with Gasteiger partial charge in [-0.2, -0.15) is 0 Å². The quantitative estimate of drug-likeness (QED) is 0.815. The molecule has 2 heterocycles. The molecule has 1 aromatic heterocycles. The van der Waals surface area contributed by atoms with Crippen LogP contribution in [0.5, 0.6) is 0 Å². The zero-order valence-corrected chi connectivity index (χ0v) is 10.3. The van der Waals surface area contributed by atoms with Crippen LogP contribution < -0.4 is 5.32 Å². The molecule has 1 saturated heterocycles. The molecular formula is C11H17ClN2O2. The van der Waals surface area contributed by atoms with Crippen molar-refractivity contribution in [3.05, 3.63) is 24.2 Å². The number of furan rings is 1. The van der Waals surface area contributed by atoms with Gasteiger partial charge in [-0.05, 0) is 26.0 Å². The summed E-state index contributed by atoms with van der Waals surface area (Å²) in [5.41, 5.74) is 0. The van der Waals surface area contributed by atoms with Crippen LogP contribution in [0.2, 0.25) is 0 Å². The van der Waals surface area contributed by atoms with Gasteiger partial charge >= 0.3 is 0 Å². The number of nitrogens with zero attached hydrogens (tertiary/aromatic N) is 1. The second kappa shape index (κ2) is 5.37. The van der Waals surface area contributed by atoms with E-state index in [1.54, 1.807) is 12.1 Å². The molecule has 4 nitrogen and oxygen atoms in total. The monoisotopic (exact) mass is 244 g/mol. The highest BCUT2D eigenvalue weighted by Crippen LogP contribution is 2.13. The van der Waals surface area contributed by atoms with Crippen LogP contribution in [0.15, 0.2) is 22.8 Å². The minimum Gasteiger partial charge on any atom is -0.459 e. The number of halogens is 1. The van der Waals surface area contributed by atoms with Crippen LogP contribution in [-0.2, 0) is 0 Å². The van der Waals surface area contributed by atoms with Crippen LogP contribution >= 0.6 is 12.4 Å². The molecule has 1 N–H and O–H groups in total. The molecular weight excluding hydrogens is 228 g/mol. The Kier molecular flexibility index (Phi) is 4.38. The molecule has 0 bridgehead atoms. The standard InChI is InChI=1S/C11H16N2O2.ClH/c1-8-9(2)13(6-5-12-8)11(14)10-4-3-7-15-10;/h3-4,7-9,12H,5-6H2,1-2H3;1H. The maximum absolute atomic E-state index is 12.0. The van der Waals surface area contributed by atoms with Crippen LogP contribution in [0.3, 0.4) is 0 Å². The van der Waals surface area contributed by atoms with E-state index in [4.69, 9.17) is 4.42 Å². The molecule has 2 unspecified atom stereocenters.